The van der Waals surface area contributed by atoms with Gasteiger partial charge in [0.15, 0.2) is 0 Å². The van der Waals surface area contributed by atoms with Crippen molar-refractivity contribution in [1.29, 1.82) is 0 Å². The zero-order valence-corrected chi connectivity index (χ0v) is 11.4. The topological polar surface area (TPSA) is 52.6 Å². The summed E-state index contributed by atoms with van der Waals surface area (Å²) in [5.74, 6) is 1.21. The van der Waals surface area contributed by atoms with Crippen LogP contribution < -0.4 is 5.32 Å². The molecule has 0 bridgehead atoms. The van der Waals surface area contributed by atoms with Gasteiger partial charge in [0.1, 0.15) is 0 Å². The summed E-state index contributed by atoms with van der Waals surface area (Å²) in [4.78, 5) is 13.5. The largest absolute Gasteiger partial charge is 0.394 e. The maximum atomic E-state index is 12.0. The molecule has 0 aromatic rings. The molecule has 1 aliphatic rings. The Morgan fingerprint density at radius 2 is 2.12 bits per heavy atom. The van der Waals surface area contributed by atoms with Crippen LogP contribution in [0.3, 0.4) is 0 Å². The van der Waals surface area contributed by atoms with E-state index >= 15 is 0 Å². The summed E-state index contributed by atoms with van der Waals surface area (Å²) in [6.45, 7) is 6.31. The Morgan fingerprint density at radius 1 is 1.47 bits per heavy atom. The number of nitrogens with zero attached hydrogens (tertiary/aromatic N) is 1. The fourth-order valence-corrected chi connectivity index (χ4v) is 2.37. The molecule has 1 rings (SSSR count). The van der Waals surface area contributed by atoms with Gasteiger partial charge < -0.3 is 15.3 Å². The van der Waals surface area contributed by atoms with Gasteiger partial charge in [-0.25, -0.2) is 4.79 Å². The Balaban J connectivity index is 2.50. The van der Waals surface area contributed by atoms with Crippen LogP contribution in [-0.4, -0.2) is 41.8 Å². The molecule has 0 aromatic carbocycles. The second kappa shape index (κ2) is 6.24. The number of carbonyl (C=O) groups excluding carboxylic acids is 1. The molecule has 4 nitrogen and oxygen atoms in total. The number of aliphatic hydroxyl groups excluding tert-OH is 1. The van der Waals surface area contributed by atoms with Gasteiger partial charge in [-0.05, 0) is 25.2 Å². The molecule has 2 amide bonds. The van der Waals surface area contributed by atoms with Crippen LogP contribution in [0, 0.1) is 11.8 Å². The Hall–Kier alpha value is -0.770. The Kier molecular flexibility index (Phi) is 5.25. The van der Waals surface area contributed by atoms with E-state index in [0.717, 1.165) is 6.42 Å². The first-order chi connectivity index (χ1) is 7.97. The smallest absolute Gasteiger partial charge is 0.317 e. The number of urea groups is 1. The molecule has 0 heterocycles. The predicted molar refractivity (Wildman–Crippen MR) is 68.8 cm³/mol. The average Bonchev–Trinajstić information content (AvgIpc) is 2.32. The van der Waals surface area contributed by atoms with Crippen LogP contribution in [0.2, 0.25) is 0 Å². The number of hydrogen-bond acceptors (Lipinski definition) is 2. The lowest BCUT2D eigenvalue weighted by molar-refractivity contribution is 0.142. The number of aliphatic hydroxyl groups is 1. The lowest BCUT2D eigenvalue weighted by Gasteiger charge is -2.36. The van der Waals surface area contributed by atoms with Crippen molar-refractivity contribution < 1.29 is 9.90 Å². The summed E-state index contributed by atoms with van der Waals surface area (Å²) in [7, 11) is 1.73. The zero-order valence-electron chi connectivity index (χ0n) is 11.4. The van der Waals surface area contributed by atoms with Crippen molar-refractivity contribution in [2.45, 2.75) is 52.1 Å². The molecule has 4 heteroatoms. The number of hydrogen-bond donors (Lipinski definition) is 2. The lowest BCUT2D eigenvalue weighted by atomic mass is 9.78. The fourth-order valence-electron chi connectivity index (χ4n) is 2.37. The van der Waals surface area contributed by atoms with Gasteiger partial charge in [-0.15, -0.1) is 0 Å². The molecule has 1 fully saturated rings. The number of rotatable bonds is 3. The molecular weight excluding hydrogens is 216 g/mol. The van der Waals surface area contributed by atoms with E-state index in [1.807, 2.05) is 6.92 Å². The van der Waals surface area contributed by atoms with Gasteiger partial charge in [0.2, 0.25) is 0 Å². The number of likely N-dealkylation sites (N-methyl/N-ethyl adjacent to an activating group) is 1. The maximum Gasteiger partial charge on any atom is 0.317 e. The van der Waals surface area contributed by atoms with E-state index in [9.17, 15) is 4.79 Å². The summed E-state index contributed by atoms with van der Waals surface area (Å²) >= 11 is 0. The molecule has 4 atom stereocenters. The van der Waals surface area contributed by atoms with Gasteiger partial charge in [0.25, 0.3) is 0 Å². The molecule has 100 valence electrons. The summed E-state index contributed by atoms with van der Waals surface area (Å²) < 4.78 is 0. The fraction of sp³-hybridized carbons (Fsp3) is 0.923. The minimum absolute atomic E-state index is 0.000539. The zero-order chi connectivity index (χ0) is 13.0. The minimum atomic E-state index is -0.133. The van der Waals surface area contributed by atoms with Crippen LogP contribution in [0.15, 0.2) is 0 Å². The maximum absolute atomic E-state index is 12.0. The van der Waals surface area contributed by atoms with Crippen LogP contribution in [-0.2, 0) is 0 Å². The predicted octanol–water partition coefficient (Wildman–Crippen LogP) is 1.83. The van der Waals surface area contributed by atoms with Gasteiger partial charge in [-0.1, -0.05) is 26.7 Å². The van der Waals surface area contributed by atoms with Crippen molar-refractivity contribution >= 4 is 6.03 Å². The Labute approximate surface area is 104 Å². The van der Waals surface area contributed by atoms with E-state index in [0.29, 0.717) is 11.8 Å². The van der Waals surface area contributed by atoms with Gasteiger partial charge in [-0.2, -0.15) is 0 Å². The quantitative estimate of drug-likeness (QED) is 0.793. The molecule has 0 aliphatic heterocycles. The van der Waals surface area contributed by atoms with Gasteiger partial charge >= 0.3 is 6.03 Å². The standard InChI is InChI=1S/C13H26N2O2/c1-9-6-5-7-12(11(9)3)14-13(17)15(4)10(2)8-16/h9-12,16H,5-8H2,1-4H3,(H,14,17). The van der Waals surface area contributed by atoms with Crippen LogP contribution in [0.1, 0.15) is 40.0 Å². The molecule has 2 N–H and O–H groups in total. The van der Waals surface area contributed by atoms with Gasteiger partial charge in [-0.3, -0.25) is 0 Å². The first-order valence-corrected chi connectivity index (χ1v) is 6.61. The Bertz CT molecular complexity index is 258. The SMILES string of the molecule is CC1CCCC(NC(=O)N(C)C(C)CO)C1C. The first-order valence-electron chi connectivity index (χ1n) is 6.61. The lowest BCUT2D eigenvalue weighted by Crippen LogP contribution is -2.51. The third kappa shape index (κ3) is 3.60. The second-order valence-corrected chi connectivity index (χ2v) is 5.47. The molecule has 0 saturated heterocycles. The molecule has 4 unspecified atom stereocenters. The monoisotopic (exact) mass is 242 g/mol. The Morgan fingerprint density at radius 3 is 2.71 bits per heavy atom. The van der Waals surface area contributed by atoms with Gasteiger partial charge in [0, 0.05) is 13.1 Å². The second-order valence-electron chi connectivity index (χ2n) is 5.47. The molecule has 1 saturated carbocycles. The van der Waals surface area contributed by atoms with Crippen LogP contribution in [0.4, 0.5) is 4.79 Å². The highest BCUT2D eigenvalue weighted by Gasteiger charge is 2.29. The third-order valence-corrected chi connectivity index (χ3v) is 4.26. The molecule has 0 spiro atoms. The highest BCUT2D eigenvalue weighted by molar-refractivity contribution is 5.74. The van der Waals surface area contributed by atoms with Crippen LogP contribution in [0.5, 0.6) is 0 Å². The summed E-state index contributed by atoms with van der Waals surface area (Å²) in [5.41, 5.74) is 0. The van der Waals surface area contributed by atoms with Crippen LogP contribution >= 0.6 is 0 Å². The van der Waals surface area contributed by atoms with Crippen molar-refractivity contribution in [3.8, 4) is 0 Å². The normalized spacial score (nSPS) is 30.8. The van der Waals surface area contributed by atoms with E-state index in [4.69, 9.17) is 5.11 Å². The van der Waals surface area contributed by atoms with Crippen molar-refractivity contribution in [1.82, 2.24) is 10.2 Å². The molecule has 17 heavy (non-hydrogen) atoms. The summed E-state index contributed by atoms with van der Waals surface area (Å²) in [6, 6.07) is 0.0726. The van der Waals surface area contributed by atoms with E-state index in [2.05, 4.69) is 19.2 Å². The minimum Gasteiger partial charge on any atom is -0.394 e. The molecule has 0 aromatic heterocycles. The van der Waals surface area contributed by atoms with Gasteiger partial charge in [0.05, 0.1) is 12.6 Å². The van der Waals surface area contributed by atoms with E-state index in [1.54, 1.807) is 11.9 Å². The van der Waals surface area contributed by atoms with Crippen molar-refractivity contribution in [3.63, 3.8) is 0 Å². The number of carbonyl (C=O) groups is 1. The highest BCUT2D eigenvalue weighted by atomic mass is 16.3. The number of nitrogens with one attached hydrogen (secondary N) is 1. The third-order valence-electron chi connectivity index (χ3n) is 4.26. The average molecular weight is 242 g/mol. The molecular formula is C13H26N2O2. The summed E-state index contributed by atoms with van der Waals surface area (Å²) in [6.07, 6.45) is 3.52. The molecule has 1 aliphatic carbocycles. The number of amides is 2. The summed E-state index contributed by atoms with van der Waals surface area (Å²) in [5, 5.41) is 12.1. The van der Waals surface area contributed by atoms with Crippen LogP contribution in [0.25, 0.3) is 0 Å². The highest BCUT2D eigenvalue weighted by Crippen LogP contribution is 2.29. The first kappa shape index (κ1) is 14.3. The van der Waals surface area contributed by atoms with E-state index in [1.165, 1.54) is 12.8 Å². The van der Waals surface area contributed by atoms with Crippen molar-refractivity contribution in [2.24, 2.45) is 11.8 Å². The van der Waals surface area contributed by atoms with E-state index < -0.39 is 0 Å². The molecule has 0 radical (unpaired) electrons. The van der Waals surface area contributed by atoms with Crippen molar-refractivity contribution in [2.75, 3.05) is 13.7 Å². The van der Waals surface area contributed by atoms with E-state index in [-0.39, 0.29) is 24.7 Å². The van der Waals surface area contributed by atoms with Crippen molar-refractivity contribution in [3.05, 3.63) is 0 Å².